The van der Waals surface area contributed by atoms with Crippen molar-refractivity contribution in [3.8, 4) is 0 Å². The minimum Gasteiger partial charge on any atom is -0.378 e. The molecule has 0 unspecified atom stereocenters. The summed E-state index contributed by atoms with van der Waals surface area (Å²) in [5.41, 5.74) is 1.79. The molecule has 1 aliphatic rings. The van der Waals surface area contributed by atoms with Crippen molar-refractivity contribution in [2.24, 2.45) is 0 Å². The van der Waals surface area contributed by atoms with Gasteiger partial charge in [0, 0.05) is 25.8 Å². The van der Waals surface area contributed by atoms with Crippen molar-refractivity contribution in [3.63, 3.8) is 0 Å². The molecule has 6 nitrogen and oxygen atoms in total. The van der Waals surface area contributed by atoms with Crippen molar-refractivity contribution in [2.75, 3.05) is 24.5 Å². The van der Waals surface area contributed by atoms with E-state index in [1.165, 1.54) is 42.7 Å². The average molecular weight is 445 g/mol. The van der Waals surface area contributed by atoms with Crippen molar-refractivity contribution in [1.29, 1.82) is 0 Å². The second-order valence-corrected chi connectivity index (χ2v) is 10.00. The summed E-state index contributed by atoms with van der Waals surface area (Å²) >= 11 is 0. The van der Waals surface area contributed by atoms with E-state index in [0.717, 1.165) is 24.8 Å². The predicted octanol–water partition coefficient (Wildman–Crippen LogP) is 4.29. The maximum atomic E-state index is 13.1. The zero-order valence-electron chi connectivity index (χ0n) is 18.3. The highest BCUT2D eigenvalue weighted by atomic mass is 32.2. The van der Waals surface area contributed by atoms with Crippen molar-refractivity contribution in [3.05, 3.63) is 59.7 Å². The molecule has 1 fully saturated rings. The Labute approximate surface area is 185 Å². The Morgan fingerprint density at radius 1 is 1.10 bits per heavy atom. The number of hydrogen-bond donors (Lipinski definition) is 1. The molecule has 0 heterocycles. The molecule has 0 radical (unpaired) electrons. The van der Waals surface area contributed by atoms with Gasteiger partial charge in [0.05, 0.1) is 16.7 Å². The lowest BCUT2D eigenvalue weighted by atomic mass is 9.98. The van der Waals surface area contributed by atoms with E-state index in [1.54, 1.807) is 24.3 Å². The molecular formula is C24H32N2O4S. The van der Waals surface area contributed by atoms with Crippen LogP contribution in [0.2, 0.25) is 0 Å². The van der Waals surface area contributed by atoms with Crippen LogP contribution < -0.4 is 9.62 Å². The summed E-state index contributed by atoms with van der Waals surface area (Å²) in [6, 6.07) is 13.5. The van der Waals surface area contributed by atoms with E-state index in [-0.39, 0.29) is 10.8 Å². The zero-order chi connectivity index (χ0) is 22.3. The summed E-state index contributed by atoms with van der Waals surface area (Å²) in [5.74, 6) is -0.284. The van der Waals surface area contributed by atoms with Gasteiger partial charge in [-0.05, 0) is 56.0 Å². The predicted molar refractivity (Wildman–Crippen MR) is 123 cm³/mol. The lowest BCUT2D eigenvalue weighted by Gasteiger charge is -2.22. The van der Waals surface area contributed by atoms with Gasteiger partial charge in [-0.25, -0.2) is 8.42 Å². The Hall–Kier alpha value is -2.38. The number of nitrogens with one attached hydrogen (secondary N) is 1. The number of nitrogens with zero attached hydrogens (tertiary/aromatic N) is 1. The molecule has 0 aromatic heterocycles. The van der Waals surface area contributed by atoms with Gasteiger partial charge in [0.25, 0.3) is 15.9 Å². The number of carbonyl (C=O) groups excluding carboxylic acids is 1. The molecule has 1 N–H and O–H groups in total. The largest absolute Gasteiger partial charge is 0.378 e. The molecule has 0 saturated heterocycles. The third-order valence-corrected chi connectivity index (χ3v) is 7.49. The number of hydrogen-bond acceptors (Lipinski definition) is 4. The highest BCUT2D eigenvalue weighted by Crippen LogP contribution is 2.25. The molecule has 31 heavy (non-hydrogen) atoms. The Balaban J connectivity index is 1.57. The fourth-order valence-corrected chi connectivity index (χ4v) is 5.17. The maximum Gasteiger partial charge on any atom is 0.264 e. The number of carbonyl (C=O) groups is 1. The Kier molecular flexibility index (Phi) is 8.09. The van der Waals surface area contributed by atoms with Gasteiger partial charge in [0.2, 0.25) is 0 Å². The van der Waals surface area contributed by atoms with E-state index in [9.17, 15) is 13.2 Å². The molecule has 7 heteroatoms. The second kappa shape index (κ2) is 10.8. The van der Waals surface area contributed by atoms with Crippen LogP contribution in [0.5, 0.6) is 0 Å². The Morgan fingerprint density at radius 2 is 1.84 bits per heavy atom. The minimum absolute atomic E-state index is 0.0894. The van der Waals surface area contributed by atoms with Crippen LogP contribution in [0.1, 0.15) is 54.4 Å². The summed E-state index contributed by atoms with van der Waals surface area (Å²) in [6.07, 6.45) is 7.12. The number of anilines is 1. The summed E-state index contributed by atoms with van der Waals surface area (Å²) in [6.45, 7) is 2.98. The Morgan fingerprint density at radius 3 is 2.58 bits per heavy atom. The van der Waals surface area contributed by atoms with Crippen LogP contribution in [-0.2, 0) is 14.8 Å². The SMILES string of the molecule is Cc1ccccc1N(C)S(=O)(=O)c1cccc(C(=O)NCCCOC2CCCCC2)c1. The van der Waals surface area contributed by atoms with Gasteiger partial charge in [0.1, 0.15) is 0 Å². The van der Waals surface area contributed by atoms with E-state index >= 15 is 0 Å². The lowest BCUT2D eigenvalue weighted by Crippen LogP contribution is -2.28. The molecular weight excluding hydrogens is 412 g/mol. The van der Waals surface area contributed by atoms with Gasteiger partial charge in [-0.2, -0.15) is 0 Å². The second-order valence-electron chi connectivity index (χ2n) is 8.03. The van der Waals surface area contributed by atoms with E-state index in [2.05, 4.69) is 5.32 Å². The summed E-state index contributed by atoms with van der Waals surface area (Å²) in [4.78, 5) is 12.6. The summed E-state index contributed by atoms with van der Waals surface area (Å²) in [7, 11) is -2.25. The van der Waals surface area contributed by atoms with E-state index < -0.39 is 10.0 Å². The van der Waals surface area contributed by atoms with Crippen LogP contribution in [-0.4, -0.2) is 40.6 Å². The number of amides is 1. The maximum absolute atomic E-state index is 13.1. The average Bonchev–Trinajstić information content (AvgIpc) is 2.79. The first kappa shape index (κ1) is 23.3. The molecule has 0 bridgehead atoms. The fraction of sp³-hybridized carbons (Fsp3) is 0.458. The number of para-hydroxylation sites is 1. The summed E-state index contributed by atoms with van der Waals surface area (Å²) < 4.78 is 33.3. The van der Waals surface area contributed by atoms with Crippen LogP contribution in [0.25, 0.3) is 0 Å². The quantitative estimate of drug-likeness (QED) is 0.586. The van der Waals surface area contributed by atoms with Gasteiger partial charge in [0.15, 0.2) is 0 Å². The topological polar surface area (TPSA) is 75.7 Å². The first-order valence-electron chi connectivity index (χ1n) is 10.9. The molecule has 168 valence electrons. The van der Waals surface area contributed by atoms with Crippen molar-refractivity contribution < 1.29 is 17.9 Å². The summed E-state index contributed by atoms with van der Waals surface area (Å²) in [5, 5.41) is 2.86. The van der Waals surface area contributed by atoms with Gasteiger partial charge < -0.3 is 10.1 Å². The number of benzene rings is 2. The third-order valence-electron chi connectivity index (χ3n) is 5.72. The van der Waals surface area contributed by atoms with Crippen molar-refractivity contribution >= 4 is 21.6 Å². The third kappa shape index (κ3) is 6.08. The van der Waals surface area contributed by atoms with Crippen LogP contribution in [0.3, 0.4) is 0 Å². The smallest absolute Gasteiger partial charge is 0.264 e. The molecule has 0 atom stereocenters. The molecule has 1 saturated carbocycles. The van der Waals surface area contributed by atoms with E-state index in [1.807, 2.05) is 19.1 Å². The normalized spacial score (nSPS) is 14.9. The molecule has 3 rings (SSSR count). The molecule has 2 aromatic rings. The highest BCUT2D eigenvalue weighted by molar-refractivity contribution is 7.92. The van der Waals surface area contributed by atoms with Gasteiger partial charge >= 0.3 is 0 Å². The first-order valence-corrected chi connectivity index (χ1v) is 12.4. The zero-order valence-corrected chi connectivity index (χ0v) is 19.2. The fourth-order valence-electron chi connectivity index (χ4n) is 3.86. The standard InChI is InChI=1S/C24H32N2O4S/c1-19-10-6-7-15-23(19)26(2)31(28,29)22-14-8-11-20(18-22)24(27)25-16-9-17-30-21-12-4-3-5-13-21/h6-8,10-11,14-15,18,21H,3-5,9,12-13,16-17H2,1-2H3,(H,25,27). The van der Waals surface area contributed by atoms with Gasteiger partial charge in [-0.3, -0.25) is 9.10 Å². The first-order chi connectivity index (χ1) is 14.9. The lowest BCUT2D eigenvalue weighted by molar-refractivity contribution is 0.0273. The monoisotopic (exact) mass is 444 g/mol. The van der Waals surface area contributed by atoms with Crippen molar-refractivity contribution in [1.82, 2.24) is 5.32 Å². The van der Waals surface area contributed by atoms with Crippen LogP contribution >= 0.6 is 0 Å². The molecule has 1 aliphatic carbocycles. The number of ether oxygens (including phenoxy) is 1. The van der Waals surface area contributed by atoms with Crippen LogP contribution in [0.15, 0.2) is 53.4 Å². The molecule has 1 amide bonds. The van der Waals surface area contributed by atoms with Gasteiger partial charge in [-0.15, -0.1) is 0 Å². The van der Waals surface area contributed by atoms with Crippen molar-refractivity contribution in [2.45, 2.75) is 56.4 Å². The molecule has 0 aliphatic heterocycles. The van der Waals surface area contributed by atoms with E-state index in [4.69, 9.17) is 4.74 Å². The molecule has 0 spiro atoms. The Bertz CT molecular complexity index is 985. The van der Waals surface area contributed by atoms with Crippen LogP contribution in [0, 0.1) is 6.92 Å². The number of rotatable bonds is 9. The van der Waals surface area contributed by atoms with Crippen LogP contribution in [0.4, 0.5) is 5.69 Å². The molecule has 2 aromatic carbocycles. The minimum atomic E-state index is -3.78. The van der Waals surface area contributed by atoms with Gasteiger partial charge in [-0.1, -0.05) is 43.5 Å². The number of aryl methyl sites for hydroxylation is 1. The highest BCUT2D eigenvalue weighted by Gasteiger charge is 2.23. The number of sulfonamides is 1. The van der Waals surface area contributed by atoms with E-state index in [0.29, 0.717) is 30.5 Å².